The molecule has 1 heterocycles. The van der Waals surface area contributed by atoms with Crippen LogP contribution < -0.4 is 5.09 Å². The summed E-state index contributed by atoms with van der Waals surface area (Å²) in [4.78, 5) is 3.58. The van der Waals surface area contributed by atoms with Crippen molar-refractivity contribution in [2.24, 2.45) is 0 Å². The highest BCUT2D eigenvalue weighted by atomic mass is 35.5. The summed E-state index contributed by atoms with van der Waals surface area (Å²) in [5, 5.41) is 2.92. The van der Waals surface area contributed by atoms with Crippen LogP contribution in [0.1, 0.15) is 32.2 Å². The zero-order chi connectivity index (χ0) is 18.2. The molecular weight excluding hydrogens is 359 g/mol. The van der Waals surface area contributed by atoms with Crippen LogP contribution >= 0.6 is 18.9 Å². The van der Waals surface area contributed by atoms with Crippen LogP contribution in [-0.4, -0.2) is 22.3 Å². The van der Waals surface area contributed by atoms with Crippen LogP contribution in [0.4, 0.5) is 8.78 Å². The first kappa shape index (κ1) is 19.0. The zero-order valence-corrected chi connectivity index (χ0v) is 15.5. The average Bonchev–Trinajstić information content (AvgIpc) is 2.85. The fourth-order valence-electron chi connectivity index (χ4n) is 2.31. The summed E-state index contributed by atoms with van der Waals surface area (Å²) < 4.78 is 42.9. The van der Waals surface area contributed by atoms with Crippen LogP contribution in [0.25, 0.3) is 11.4 Å². The van der Waals surface area contributed by atoms with E-state index in [1.54, 1.807) is 30.9 Å². The van der Waals surface area contributed by atoms with E-state index in [2.05, 4.69) is 19.8 Å². The standard InChI is InChI=1S/C15H19ClF2N3O2P/c1-14(2,3)21-24(4,22)9-10-5-7-11(8-6-10)12-19-13(23-20-12)15(16,17)18/h5-8H,9H2,1-4H3,(H,21,22). The zero-order valence-electron chi connectivity index (χ0n) is 13.8. The van der Waals surface area contributed by atoms with Gasteiger partial charge in [-0.05, 0) is 37.9 Å². The second kappa shape index (κ2) is 6.54. The molecule has 0 aliphatic rings. The molecule has 0 saturated carbocycles. The molecule has 0 fully saturated rings. The number of aromatic nitrogens is 2. The Hall–Kier alpha value is -1.30. The quantitative estimate of drug-likeness (QED) is 0.597. The van der Waals surface area contributed by atoms with Crippen molar-refractivity contribution in [2.75, 3.05) is 6.66 Å². The molecule has 132 valence electrons. The smallest absolute Gasteiger partial charge is 0.331 e. The first-order valence-corrected chi connectivity index (χ1v) is 9.94. The van der Waals surface area contributed by atoms with Crippen molar-refractivity contribution in [3.63, 3.8) is 0 Å². The Bertz CT molecular complexity index is 751. The van der Waals surface area contributed by atoms with E-state index in [4.69, 9.17) is 11.6 Å². The lowest BCUT2D eigenvalue weighted by atomic mass is 10.1. The number of rotatable bonds is 5. The number of nitrogens with zero attached hydrogens (tertiary/aromatic N) is 2. The maximum atomic E-state index is 12.9. The lowest BCUT2D eigenvalue weighted by molar-refractivity contribution is 0.0551. The van der Waals surface area contributed by atoms with Gasteiger partial charge in [0.1, 0.15) is 7.29 Å². The van der Waals surface area contributed by atoms with Gasteiger partial charge in [0.2, 0.25) is 5.82 Å². The van der Waals surface area contributed by atoms with Gasteiger partial charge in [0.05, 0.1) is 0 Å². The Kier molecular flexibility index (Phi) is 5.19. The highest BCUT2D eigenvalue weighted by Gasteiger charge is 2.35. The van der Waals surface area contributed by atoms with Gasteiger partial charge in [0.25, 0.3) is 0 Å². The molecule has 24 heavy (non-hydrogen) atoms. The molecular formula is C15H19ClF2N3O2P. The van der Waals surface area contributed by atoms with Crippen molar-refractivity contribution in [2.45, 2.75) is 37.9 Å². The summed E-state index contributed by atoms with van der Waals surface area (Å²) in [5.74, 6) is -0.931. The normalized spacial score (nSPS) is 15.3. The van der Waals surface area contributed by atoms with E-state index >= 15 is 0 Å². The van der Waals surface area contributed by atoms with Crippen LogP contribution in [0.15, 0.2) is 28.8 Å². The fourth-order valence-corrected chi connectivity index (χ4v) is 4.79. The van der Waals surface area contributed by atoms with Gasteiger partial charge in [-0.1, -0.05) is 29.4 Å². The lowest BCUT2D eigenvalue weighted by Crippen LogP contribution is -2.33. The molecule has 9 heteroatoms. The first-order valence-electron chi connectivity index (χ1n) is 7.22. The van der Waals surface area contributed by atoms with Crippen molar-refractivity contribution >= 4 is 18.9 Å². The molecule has 0 radical (unpaired) electrons. The molecule has 0 spiro atoms. The minimum absolute atomic E-state index is 0.0179. The molecule has 0 saturated heterocycles. The topological polar surface area (TPSA) is 68.0 Å². The third-order valence-electron chi connectivity index (χ3n) is 2.94. The number of halogens is 3. The summed E-state index contributed by atoms with van der Waals surface area (Å²) in [5.41, 5.74) is 1.11. The van der Waals surface area contributed by atoms with Gasteiger partial charge >= 0.3 is 11.3 Å². The summed E-state index contributed by atoms with van der Waals surface area (Å²) in [6.07, 6.45) is 0.377. The van der Waals surface area contributed by atoms with E-state index < -0.39 is 18.6 Å². The van der Waals surface area contributed by atoms with Crippen LogP contribution in [0.2, 0.25) is 0 Å². The van der Waals surface area contributed by atoms with E-state index in [1.807, 2.05) is 20.8 Å². The average molecular weight is 378 g/mol. The molecule has 0 aliphatic carbocycles. The van der Waals surface area contributed by atoms with Crippen LogP contribution in [-0.2, 0) is 16.1 Å². The maximum absolute atomic E-state index is 12.9. The summed E-state index contributed by atoms with van der Waals surface area (Å²) >= 11 is 4.84. The van der Waals surface area contributed by atoms with E-state index in [-0.39, 0.29) is 11.4 Å². The molecule has 1 atom stereocenters. The van der Waals surface area contributed by atoms with Crippen molar-refractivity contribution < 1.29 is 17.9 Å². The van der Waals surface area contributed by atoms with Gasteiger partial charge in [0, 0.05) is 23.9 Å². The van der Waals surface area contributed by atoms with E-state index in [0.29, 0.717) is 11.7 Å². The van der Waals surface area contributed by atoms with E-state index in [0.717, 1.165) is 5.56 Å². The first-order chi connectivity index (χ1) is 10.9. The van der Waals surface area contributed by atoms with Gasteiger partial charge in [-0.25, -0.2) is 0 Å². The Balaban J connectivity index is 2.14. The highest BCUT2D eigenvalue weighted by molar-refractivity contribution is 7.60. The number of hydrogen-bond donors (Lipinski definition) is 1. The molecule has 2 aromatic rings. The molecule has 0 bridgehead atoms. The molecule has 2 rings (SSSR count). The molecule has 1 aromatic carbocycles. The Morgan fingerprint density at radius 3 is 2.29 bits per heavy atom. The largest absolute Gasteiger partial charge is 0.400 e. The molecule has 1 N–H and O–H groups in total. The minimum Gasteiger partial charge on any atom is -0.331 e. The summed E-state index contributed by atoms with van der Waals surface area (Å²) in [7, 11) is -2.56. The Labute approximate surface area is 144 Å². The predicted molar refractivity (Wildman–Crippen MR) is 89.6 cm³/mol. The molecule has 5 nitrogen and oxygen atoms in total. The van der Waals surface area contributed by atoms with Crippen molar-refractivity contribution in [3.8, 4) is 11.4 Å². The second-order valence-electron chi connectivity index (χ2n) is 6.74. The molecule has 1 unspecified atom stereocenters. The van der Waals surface area contributed by atoms with Crippen LogP contribution in [0.5, 0.6) is 0 Å². The second-order valence-corrected chi connectivity index (χ2v) is 9.95. The van der Waals surface area contributed by atoms with E-state index in [9.17, 15) is 13.3 Å². The van der Waals surface area contributed by atoms with Crippen molar-refractivity contribution in [1.82, 2.24) is 15.2 Å². The van der Waals surface area contributed by atoms with Gasteiger partial charge in [-0.15, -0.1) is 0 Å². The van der Waals surface area contributed by atoms with Crippen LogP contribution in [0, 0.1) is 0 Å². The number of benzene rings is 1. The molecule has 0 amide bonds. The summed E-state index contributed by atoms with van der Waals surface area (Å²) in [6, 6.07) is 6.83. The van der Waals surface area contributed by atoms with Gasteiger partial charge in [-0.3, -0.25) is 5.09 Å². The Morgan fingerprint density at radius 2 is 1.83 bits per heavy atom. The maximum Gasteiger partial charge on any atom is 0.400 e. The van der Waals surface area contributed by atoms with Gasteiger partial charge in [0.15, 0.2) is 0 Å². The third-order valence-corrected chi connectivity index (χ3v) is 5.21. The Morgan fingerprint density at radius 1 is 1.25 bits per heavy atom. The lowest BCUT2D eigenvalue weighted by Gasteiger charge is -2.26. The van der Waals surface area contributed by atoms with E-state index in [1.165, 1.54) is 0 Å². The van der Waals surface area contributed by atoms with Gasteiger partial charge in [-0.2, -0.15) is 13.8 Å². The fraction of sp³-hybridized carbons (Fsp3) is 0.467. The summed E-state index contributed by atoms with van der Waals surface area (Å²) in [6.45, 7) is 7.55. The highest BCUT2D eigenvalue weighted by Crippen LogP contribution is 2.42. The number of nitrogens with one attached hydrogen (secondary N) is 1. The predicted octanol–water partition coefficient (Wildman–Crippen LogP) is 4.82. The van der Waals surface area contributed by atoms with Crippen molar-refractivity contribution in [1.29, 1.82) is 0 Å². The SMILES string of the molecule is CC(C)(C)NP(C)(=O)Cc1ccc(-c2noc(C(F)(F)Cl)n2)cc1. The molecule has 0 aliphatic heterocycles. The van der Waals surface area contributed by atoms with Crippen molar-refractivity contribution in [3.05, 3.63) is 35.7 Å². The number of alkyl halides is 3. The minimum atomic E-state index is -3.70. The third kappa shape index (κ3) is 5.36. The molecule has 1 aromatic heterocycles. The van der Waals surface area contributed by atoms with Crippen LogP contribution in [0.3, 0.4) is 0 Å². The van der Waals surface area contributed by atoms with Gasteiger partial charge < -0.3 is 9.09 Å². The monoisotopic (exact) mass is 377 g/mol. The number of hydrogen-bond acceptors (Lipinski definition) is 4.